The van der Waals surface area contributed by atoms with Gasteiger partial charge in [0.25, 0.3) is 0 Å². The Morgan fingerprint density at radius 2 is 2.21 bits per heavy atom. The SMILES string of the molecule is C=[C-]C.Clc1ccc2nc[cH-][n+]2c1.[Pd+2]. The molecule has 0 aromatic carbocycles. The average molecular weight is 300 g/mol. The first kappa shape index (κ1) is 13.4. The smallest absolute Gasteiger partial charge is 0.507 e. The molecule has 0 saturated heterocycles. The third-order valence-electron chi connectivity index (χ3n) is 1.35. The van der Waals surface area contributed by atoms with E-state index < -0.39 is 0 Å². The van der Waals surface area contributed by atoms with Crippen molar-refractivity contribution in [3.05, 3.63) is 48.4 Å². The molecule has 2 aromatic heterocycles. The first-order valence-electron chi connectivity index (χ1n) is 3.80. The van der Waals surface area contributed by atoms with Crippen molar-refractivity contribution in [3.63, 3.8) is 0 Å². The summed E-state index contributed by atoms with van der Waals surface area (Å²) in [6.07, 6.45) is 7.93. The van der Waals surface area contributed by atoms with Gasteiger partial charge in [-0.1, -0.05) is 17.7 Å². The van der Waals surface area contributed by atoms with Crippen LogP contribution in [0, 0.1) is 6.08 Å². The Morgan fingerprint density at radius 3 is 2.86 bits per heavy atom. The fourth-order valence-electron chi connectivity index (χ4n) is 0.893. The standard InChI is InChI=1S/C7H5ClN2.C3H5.Pd/c8-6-1-2-7-9-3-4-10(7)5-6;1-3-2;/h1-5H;1H2,2H3;/q;-1;+2. The Labute approximate surface area is 102 Å². The summed E-state index contributed by atoms with van der Waals surface area (Å²) in [7, 11) is 0. The zero-order valence-electron chi connectivity index (χ0n) is 7.68. The summed E-state index contributed by atoms with van der Waals surface area (Å²) in [5, 5.41) is 0.727. The summed E-state index contributed by atoms with van der Waals surface area (Å²) in [5.41, 5.74) is 0.921. The molecule has 0 amide bonds. The van der Waals surface area contributed by atoms with Gasteiger partial charge in [-0.25, -0.2) is 0 Å². The van der Waals surface area contributed by atoms with Crippen LogP contribution in [0.3, 0.4) is 0 Å². The summed E-state index contributed by atoms with van der Waals surface area (Å²) in [4.78, 5) is 4.06. The second-order valence-corrected chi connectivity index (χ2v) is 2.83. The van der Waals surface area contributed by atoms with Crippen LogP contribution < -0.4 is 4.40 Å². The quantitative estimate of drug-likeness (QED) is 0.414. The maximum Gasteiger partial charge on any atom is 2.00 e. The zero-order chi connectivity index (χ0) is 9.68. The molecule has 0 bridgehead atoms. The van der Waals surface area contributed by atoms with Crippen LogP contribution >= 0.6 is 11.6 Å². The number of hydrogen-bond donors (Lipinski definition) is 0. The molecular formula is C10H10ClN2Pd+. The van der Waals surface area contributed by atoms with Crippen LogP contribution in [0.15, 0.2) is 37.3 Å². The molecule has 0 unspecified atom stereocenters. The molecule has 0 aliphatic carbocycles. The van der Waals surface area contributed by atoms with E-state index in [0.717, 1.165) is 10.7 Å². The summed E-state index contributed by atoms with van der Waals surface area (Å²) in [5.74, 6) is 0. The predicted octanol–water partition coefficient (Wildman–Crippen LogP) is 2.19. The van der Waals surface area contributed by atoms with E-state index in [1.807, 2.05) is 28.9 Å². The van der Waals surface area contributed by atoms with Crippen LogP contribution in [0.5, 0.6) is 0 Å². The minimum Gasteiger partial charge on any atom is -0.507 e. The first-order valence-corrected chi connectivity index (χ1v) is 4.18. The van der Waals surface area contributed by atoms with E-state index in [2.05, 4.69) is 17.6 Å². The van der Waals surface area contributed by atoms with Gasteiger partial charge in [-0.3, -0.25) is 6.58 Å². The number of hydrogen-bond acceptors (Lipinski definition) is 1. The van der Waals surface area contributed by atoms with E-state index in [1.165, 1.54) is 0 Å². The van der Waals surface area contributed by atoms with Crippen molar-refractivity contribution in [2.45, 2.75) is 6.92 Å². The number of halogens is 1. The summed E-state index contributed by atoms with van der Waals surface area (Å²) in [6.45, 7) is 5.00. The molecule has 2 heterocycles. The minimum absolute atomic E-state index is 0. The summed E-state index contributed by atoms with van der Waals surface area (Å²) < 4.78 is 1.88. The molecule has 0 saturated carbocycles. The normalized spacial score (nSPS) is 8.43. The van der Waals surface area contributed by atoms with E-state index >= 15 is 0 Å². The molecule has 4 heteroatoms. The molecule has 0 fully saturated rings. The topological polar surface area (TPSA) is 17.0 Å². The van der Waals surface area contributed by atoms with Crippen molar-refractivity contribution in [1.29, 1.82) is 0 Å². The second-order valence-electron chi connectivity index (χ2n) is 2.39. The van der Waals surface area contributed by atoms with E-state index in [1.54, 1.807) is 13.1 Å². The van der Waals surface area contributed by atoms with Gasteiger partial charge in [-0.05, 0) is 6.07 Å². The predicted molar refractivity (Wildman–Crippen MR) is 52.5 cm³/mol. The molecule has 0 aliphatic rings. The largest absolute Gasteiger partial charge is 2.00 e. The Bertz CT molecular complexity index is 398. The van der Waals surface area contributed by atoms with Gasteiger partial charge in [0.15, 0.2) is 0 Å². The van der Waals surface area contributed by atoms with Crippen LogP contribution in [0.4, 0.5) is 0 Å². The van der Waals surface area contributed by atoms with Gasteiger partial charge in [0.2, 0.25) is 5.65 Å². The molecule has 14 heavy (non-hydrogen) atoms. The molecule has 76 valence electrons. The fraction of sp³-hybridized carbons (Fsp3) is 0.100. The molecule has 0 atom stereocenters. The maximum atomic E-state index is 5.73. The Morgan fingerprint density at radius 1 is 1.57 bits per heavy atom. The maximum absolute atomic E-state index is 5.73. The monoisotopic (exact) mass is 299 g/mol. The van der Waals surface area contributed by atoms with Gasteiger partial charge in [0.05, 0.1) is 0 Å². The van der Waals surface area contributed by atoms with Gasteiger partial charge in [-0.2, -0.15) is 6.92 Å². The first-order chi connectivity index (χ1) is 6.27. The number of rotatable bonds is 0. The van der Waals surface area contributed by atoms with Crippen LogP contribution in [-0.4, -0.2) is 4.98 Å². The van der Waals surface area contributed by atoms with Gasteiger partial charge in [0.1, 0.15) is 6.20 Å². The van der Waals surface area contributed by atoms with Crippen LogP contribution in [0.25, 0.3) is 5.65 Å². The minimum atomic E-state index is 0. The van der Waals surface area contributed by atoms with Gasteiger partial charge >= 0.3 is 20.4 Å². The van der Waals surface area contributed by atoms with Crippen LogP contribution in [0.2, 0.25) is 5.02 Å². The van der Waals surface area contributed by atoms with Crippen molar-refractivity contribution in [2.24, 2.45) is 0 Å². The van der Waals surface area contributed by atoms with E-state index in [0.29, 0.717) is 0 Å². The zero-order valence-corrected chi connectivity index (χ0v) is 9.99. The average Bonchev–Trinajstić information content (AvgIpc) is 2.52. The number of imidazole rings is 1. The van der Waals surface area contributed by atoms with Crippen LogP contribution in [-0.2, 0) is 20.4 Å². The molecule has 0 spiro atoms. The Balaban J connectivity index is 0.000000381. The van der Waals surface area contributed by atoms with Crippen molar-refractivity contribution in [2.75, 3.05) is 0 Å². The second kappa shape index (κ2) is 6.78. The Kier molecular flexibility index (Phi) is 6.48. The molecule has 2 nitrogen and oxygen atoms in total. The number of fused-ring (bicyclic) bond motifs is 1. The number of pyridine rings is 1. The van der Waals surface area contributed by atoms with Crippen molar-refractivity contribution in [1.82, 2.24) is 4.98 Å². The van der Waals surface area contributed by atoms with Crippen molar-refractivity contribution < 1.29 is 24.8 Å². The number of aromatic nitrogens is 2. The van der Waals surface area contributed by atoms with Crippen molar-refractivity contribution >= 4 is 17.2 Å². The molecule has 2 aromatic rings. The third-order valence-corrected chi connectivity index (χ3v) is 1.58. The molecule has 0 N–H and O–H groups in total. The Hall–Kier alpha value is -0.618. The van der Waals surface area contributed by atoms with Crippen molar-refractivity contribution in [3.8, 4) is 0 Å². The van der Waals surface area contributed by atoms with E-state index in [9.17, 15) is 0 Å². The summed E-state index contributed by atoms with van der Waals surface area (Å²) >= 11 is 5.73. The molecule has 0 aliphatic heterocycles. The third kappa shape index (κ3) is 3.63. The van der Waals surface area contributed by atoms with E-state index in [-0.39, 0.29) is 20.4 Å². The molecule has 2 rings (SSSR count). The van der Waals surface area contributed by atoms with Gasteiger partial charge < -0.3 is 10.5 Å². The fourth-order valence-corrected chi connectivity index (χ4v) is 1.06. The van der Waals surface area contributed by atoms with Gasteiger partial charge in [0, 0.05) is 17.4 Å². The molecular weight excluding hydrogens is 290 g/mol. The number of allylic oxidation sites excluding steroid dienone is 1. The molecule has 0 radical (unpaired) electrons. The van der Waals surface area contributed by atoms with Gasteiger partial charge in [-0.15, -0.1) is 4.98 Å². The van der Waals surface area contributed by atoms with Crippen LogP contribution in [0.1, 0.15) is 6.92 Å². The summed E-state index contributed by atoms with van der Waals surface area (Å²) in [6, 6.07) is 3.70. The van der Waals surface area contributed by atoms with E-state index in [4.69, 9.17) is 11.6 Å². The number of nitrogens with zero attached hydrogens (tertiary/aromatic N) is 2.